The molecule has 0 heterocycles. The molecule has 0 saturated carbocycles. The first-order valence-electron chi connectivity index (χ1n) is 5.76. The van der Waals surface area contributed by atoms with E-state index in [0.717, 1.165) is 0 Å². The maximum atomic E-state index is 12.1. The summed E-state index contributed by atoms with van der Waals surface area (Å²) in [6.07, 6.45) is 0. The standard InChI is InChI=1S/C13H17ClN2O3/c1-13(2,3)16(8-11(17)18)12(19)15-10-6-4-9(14)5-7-10/h4-7H,8H2,1-3H3,(H,15,19)(H,17,18). The Labute approximate surface area is 117 Å². The highest BCUT2D eigenvalue weighted by molar-refractivity contribution is 6.30. The van der Waals surface area contributed by atoms with Gasteiger partial charge in [0, 0.05) is 16.2 Å². The number of rotatable bonds is 3. The number of nitrogens with zero attached hydrogens (tertiary/aromatic N) is 1. The van der Waals surface area contributed by atoms with E-state index in [4.69, 9.17) is 16.7 Å². The molecule has 0 aliphatic carbocycles. The van der Waals surface area contributed by atoms with Crippen LogP contribution >= 0.6 is 11.6 Å². The minimum absolute atomic E-state index is 0.358. The van der Waals surface area contributed by atoms with Gasteiger partial charge in [-0.15, -0.1) is 0 Å². The molecule has 2 amide bonds. The summed E-state index contributed by atoms with van der Waals surface area (Å²) >= 11 is 5.75. The lowest BCUT2D eigenvalue weighted by atomic mass is 10.1. The maximum Gasteiger partial charge on any atom is 0.323 e. The summed E-state index contributed by atoms with van der Waals surface area (Å²) < 4.78 is 0. The second-order valence-corrected chi connectivity index (χ2v) is 5.52. The highest BCUT2D eigenvalue weighted by Gasteiger charge is 2.28. The Morgan fingerprint density at radius 3 is 2.21 bits per heavy atom. The minimum atomic E-state index is -1.05. The average molecular weight is 285 g/mol. The third kappa shape index (κ3) is 4.79. The summed E-state index contributed by atoms with van der Waals surface area (Å²) in [5.41, 5.74) is -0.0245. The molecule has 0 aliphatic heterocycles. The number of carbonyl (C=O) groups is 2. The van der Waals surface area contributed by atoms with E-state index in [9.17, 15) is 9.59 Å². The van der Waals surface area contributed by atoms with Crippen LogP contribution in [0.3, 0.4) is 0 Å². The lowest BCUT2D eigenvalue weighted by Gasteiger charge is -2.34. The minimum Gasteiger partial charge on any atom is -0.480 e. The Hall–Kier alpha value is -1.75. The van der Waals surface area contributed by atoms with Crippen LogP contribution in [0.25, 0.3) is 0 Å². The molecule has 0 aromatic heterocycles. The van der Waals surface area contributed by atoms with Crippen molar-refractivity contribution in [2.75, 3.05) is 11.9 Å². The number of carboxylic acids is 1. The molecule has 104 valence electrons. The van der Waals surface area contributed by atoms with E-state index in [1.54, 1.807) is 45.0 Å². The number of amides is 2. The van der Waals surface area contributed by atoms with Gasteiger partial charge in [0.15, 0.2) is 0 Å². The zero-order valence-corrected chi connectivity index (χ0v) is 11.9. The van der Waals surface area contributed by atoms with Crippen molar-refractivity contribution in [1.82, 2.24) is 4.90 Å². The summed E-state index contributed by atoms with van der Waals surface area (Å²) in [7, 11) is 0. The normalized spacial score (nSPS) is 10.9. The van der Waals surface area contributed by atoms with E-state index >= 15 is 0 Å². The number of carboxylic acid groups (broad SMARTS) is 1. The van der Waals surface area contributed by atoms with Gasteiger partial charge in [-0.05, 0) is 45.0 Å². The lowest BCUT2D eigenvalue weighted by molar-refractivity contribution is -0.138. The first-order chi connectivity index (χ1) is 8.70. The summed E-state index contributed by atoms with van der Waals surface area (Å²) in [6.45, 7) is 4.97. The number of benzene rings is 1. The van der Waals surface area contributed by atoms with Gasteiger partial charge >= 0.3 is 12.0 Å². The van der Waals surface area contributed by atoms with E-state index in [1.807, 2.05) is 0 Å². The molecule has 1 aromatic rings. The van der Waals surface area contributed by atoms with Crippen molar-refractivity contribution < 1.29 is 14.7 Å². The fourth-order valence-electron chi connectivity index (χ4n) is 1.47. The van der Waals surface area contributed by atoms with Crippen LogP contribution in [0.2, 0.25) is 5.02 Å². The molecular formula is C13H17ClN2O3. The molecule has 0 bridgehead atoms. The van der Waals surface area contributed by atoms with Crippen molar-refractivity contribution in [3.8, 4) is 0 Å². The molecule has 0 radical (unpaired) electrons. The van der Waals surface area contributed by atoms with Crippen molar-refractivity contribution in [1.29, 1.82) is 0 Å². The van der Waals surface area contributed by atoms with Crippen molar-refractivity contribution in [2.24, 2.45) is 0 Å². The van der Waals surface area contributed by atoms with Gasteiger partial charge in [0.05, 0.1) is 0 Å². The molecule has 0 atom stereocenters. The number of carbonyl (C=O) groups excluding carboxylic acids is 1. The van der Waals surface area contributed by atoms with Crippen LogP contribution < -0.4 is 5.32 Å². The quantitative estimate of drug-likeness (QED) is 0.896. The zero-order chi connectivity index (χ0) is 14.6. The third-order valence-electron chi connectivity index (χ3n) is 2.44. The van der Waals surface area contributed by atoms with Crippen LogP contribution in [0.15, 0.2) is 24.3 Å². The van der Waals surface area contributed by atoms with E-state index in [-0.39, 0.29) is 6.54 Å². The number of aliphatic carboxylic acids is 1. The van der Waals surface area contributed by atoms with Crippen LogP contribution in [0.4, 0.5) is 10.5 Å². The molecule has 1 aromatic carbocycles. The van der Waals surface area contributed by atoms with Gasteiger partial charge in [0.25, 0.3) is 0 Å². The molecule has 5 nitrogen and oxygen atoms in total. The van der Waals surface area contributed by atoms with Crippen LogP contribution in [0.5, 0.6) is 0 Å². The van der Waals surface area contributed by atoms with Crippen molar-refractivity contribution in [3.63, 3.8) is 0 Å². The second kappa shape index (κ2) is 5.93. The molecule has 0 unspecified atom stereocenters. The molecule has 1 rings (SSSR count). The highest BCUT2D eigenvalue weighted by atomic mass is 35.5. The van der Waals surface area contributed by atoms with Gasteiger partial charge in [0.2, 0.25) is 0 Å². The number of halogens is 1. The molecule has 0 fully saturated rings. The number of anilines is 1. The zero-order valence-electron chi connectivity index (χ0n) is 11.1. The monoisotopic (exact) mass is 284 g/mol. The van der Waals surface area contributed by atoms with E-state index in [2.05, 4.69) is 5.32 Å². The van der Waals surface area contributed by atoms with Crippen LogP contribution in [-0.2, 0) is 4.79 Å². The molecule has 2 N–H and O–H groups in total. The first-order valence-corrected chi connectivity index (χ1v) is 6.14. The Balaban J connectivity index is 2.82. The predicted octanol–water partition coefficient (Wildman–Crippen LogP) is 3.06. The topological polar surface area (TPSA) is 69.6 Å². The van der Waals surface area contributed by atoms with Gasteiger partial charge in [-0.1, -0.05) is 11.6 Å². The van der Waals surface area contributed by atoms with Gasteiger partial charge in [-0.3, -0.25) is 4.79 Å². The largest absolute Gasteiger partial charge is 0.480 e. The second-order valence-electron chi connectivity index (χ2n) is 5.09. The average Bonchev–Trinajstić information content (AvgIpc) is 2.27. The Morgan fingerprint density at radius 2 is 1.79 bits per heavy atom. The Morgan fingerprint density at radius 1 is 1.26 bits per heavy atom. The van der Waals surface area contributed by atoms with Gasteiger partial charge in [-0.2, -0.15) is 0 Å². The van der Waals surface area contributed by atoms with Gasteiger partial charge < -0.3 is 15.3 Å². The van der Waals surface area contributed by atoms with Crippen LogP contribution in [0, 0.1) is 0 Å². The molecule has 0 saturated heterocycles. The number of hydrogen-bond acceptors (Lipinski definition) is 2. The SMILES string of the molecule is CC(C)(C)N(CC(=O)O)C(=O)Nc1ccc(Cl)cc1. The summed E-state index contributed by atoms with van der Waals surface area (Å²) in [6, 6.07) is 6.15. The lowest BCUT2D eigenvalue weighted by Crippen LogP contribution is -2.50. The smallest absolute Gasteiger partial charge is 0.323 e. The van der Waals surface area contributed by atoms with E-state index < -0.39 is 17.5 Å². The number of urea groups is 1. The summed E-state index contributed by atoms with van der Waals surface area (Å²) in [5, 5.41) is 12.1. The van der Waals surface area contributed by atoms with Crippen LogP contribution in [0.1, 0.15) is 20.8 Å². The van der Waals surface area contributed by atoms with Crippen molar-refractivity contribution >= 4 is 29.3 Å². The van der Waals surface area contributed by atoms with Gasteiger partial charge in [-0.25, -0.2) is 4.79 Å². The molecule has 6 heteroatoms. The fraction of sp³-hybridized carbons (Fsp3) is 0.385. The Bertz CT molecular complexity index is 466. The molecule has 0 spiro atoms. The van der Waals surface area contributed by atoms with E-state index in [0.29, 0.717) is 10.7 Å². The Kier molecular flexibility index (Phi) is 4.78. The molecule has 19 heavy (non-hydrogen) atoms. The third-order valence-corrected chi connectivity index (χ3v) is 2.70. The highest BCUT2D eigenvalue weighted by Crippen LogP contribution is 2.17. The van der Waals surface area contributed by atoms with Gasteiger partial charge in [0.1, 0.15) is 6.54 Å². The fourth-order valence-corrected chi connectivity index (χ4v) is 1.60. The maximum absolute atomic E-state index is 12.1. The van der Waals surface area contributed by atoms with E-state index in [1.165, 1.54) is 4.90 Å². The van der Waals surface area contributed by atoms with Crippen LogP contribution in [-0.4, -0.2) is 34.1 Å². The summed E-state index contributed by atoms with van der Waals surface area (Å²) in [4.78, 5) is 24.2. The number of hydrogen-bond donors (Lipinski definition) is 2. The van der Waals surface area contributed by atoms with Crippen molar-refractivity contribution in [3.05, 3.63) is 29.3 Å². The summed E-state index contributed by atoms with van der Waals surface area (Å²) in [5.74, 6) is -1.05. The van der Waals surface area contributed by atoms with Crippen molar-refractivity contribution in [2.45, 2.75) is 26.3 Å². The first kappa shape index (κ1) is 15.3. The molecule has 0 aliphatic rings. The number of nitrogens with one attached hydrogen (secondary N) is 1. The predicted molar refractivity (Wildman–Crippen MR) is 74.6 cm³/mol. The molecular weight excluding hydrogens is 268 g/mol.